The van der Waals surface area contributed by atoms with Crippen LogP contribution in [0, 0.1) is 0 Å². The number of carbonyl (C=O) groups is 1. The van der Waals surface area contributed by atoms with Crippen LogP contribution in [0.25, 0.3) is 0 Å². The number of nitrogens with zero attached hydrogens (tertiary/aromatic N) is 1. The first-order valence-corrected chi connectivity index (χ1v) is 5.31. The van der Waals surface area contributed by atoms with E-state index in [-0.39, 0.29) is 5.91 Å². The van der Waals surface area contributed by atoms with E-state index in [0.717, 1.165) is 6.42 Å². The van der Waals surface area contributed by atoms with Gasteiger partial charge in [0.25, 0.3) is 0 Å². The summed E-state index contributed by atoms with van der Waals surface area (Å²) >= 11 is 0. The van der Waals surface area contributed by atoms with Crippen LogP contribution in [0.4, 0.5) is 11.5 Å². The lowest BCUT2D eigenvalue weighted by Crippen LogP contribution is -2.12. The molecule has 5 heteroatoms. The number of ether oxygens (including phenoxy) is 1. The van der Waals surface area contributed by atoms with Gasteiger partial charge in [-0.05, 0) is 25.5 Å². The van der Waals surface area contributed by atoms with Crippen LogP contribution in [0.2, 0.25) is 0 Å². The molecule has 1 amide bonds. The fourth-order valence-corrected chi connectivity index (χ4v) is 1.18. The van der Waals surface area contributed by atoms with Crippen LogP contribution < -0.4 is 11.1 Å². The number of nitrogens with one attached hydrogen (secondary N) is 1. The lowest BCUT2D eigenvalue weighted by Gasteiger charge is -2.04. The second-order valence-corrected chi connectivity index (χ2v) is 3.32. The Morgan fingerprint density at radius 1 is 1.56 bits per heavy atom. The van der Waals surface area contributed by atoms with Gasteiger partial charge in [0.15, 0.2) is 0 Å². The van der Waals surface area contributed by atoms with Crippen LogP contribution in [0.1, 0.15) is 19.8 Å². The molecule has 0 saturated heterocycles. The van der Waals surface area contributed by atoms with Crippen LogP contribution in [0.5, 0.6) is 0 Å². The van der Waals surface area contributed by atoms with Gasteiger partial charge < -0.3 is 15.8 Å². The molecule has 0 unspecified atom stereocenters. The molecular weight excluding hydrogens is 206 g/mol. The number of amides is 1. The molecule has 0 fully saturated rings. The maximum Gasteiger partial charge on any atom is 0.224 e. The largest absolute Gasteiger partial charge is 0.384 e. The Morgan fingerprint density at radius 2 is 2.38 bits per heavy atom. The molecule has 0 aliphatic rings. The number of nitrogens with two attached hydrogens (primary N) is 1. The van der Waals surface area contributed by atoms with E-state index in [9.17, 15) is 4.79 Å². The number of aromatic nitrogens is 1. The fourth-order valence-electron chi connectivity index (χ4n) is 1.18. The molecule has 0 radical (unpaired) electrons. The van der Waals surface area contributed by atoms with Gasteiger partial charge in [0.1, 0.15) is 5.82 Å². The van der Waals surface area contributed by atoms with E-state index in [4.69, 9.17) is 10.5 Å². The SMILES string of the molecule is CCOCCCC(=O)Nc1ccc(N)nc1. The van der Waals surface area contributed by atoms with Crippen molar-refractivity contribution in [3.05, 3.63) is 18.3 Å². The second-order valence-electron chi connectivity index (χ2n) is 3.32. The molecule has 0 saturated carbocycles. The van der Waals surface area contributed by atoms with Gasteiger partial charge in [-0.1, -0.05) is 0 Å². The summed E-state index contributed by atoms with van der Waals surface area (Å²) in [5, 5.41) is 2.73. The maximum atomic E-state index is 11.4. The van der Waals surface area contributed by atoms with Crippen molar-refractivity contribution in [2.24, 2.45) is 0 Å². The number of anilines is 2. The predicted molar refractivity (Wildman–Crippen MR) is 63.0 cm³/mol. The average Bonchev–Trinajstić information content (AvgIpc) is 2.28. The van der Waals surface area contributed by atoms with Crippen molar-refractivity contribution in [1.29, 1.82) is 0 Å². The molecule has 88 valence electrons. The zero-order valence-electron chi connectivity index (χ0n) is 9.40. The minimum Gasteiger partial charge on any atom is -0.384 e. The van der Waals surface area contributed by atoms with Crippen molar-refractivity contribution in [2.75, 3.05) is 24.3 Å². The lowest BCUT2D eigenvalue weighted by molar-refractivity contribution is -0.116. The van der Waals surface area contributed by atoms with Gasteiger partial charge >= 0.3 is 0 Å². The van der Waals surface area contributed by atoms with Crippen molar-refractivity contribution >= 4 is 17.4 Å². The van der Waals surface area contributed by atoms with Gasteiger partial charge in [0, 0.05) is 19.6 Å². The molecule has 1 heterocycles. The first-order valence-electron chi connectivity index (χ1n) is 5.31. The van der Waals surface area contributed by atoms with Crippen molar-refractivity contribution in [3.63, 3.8) is 0 Å². The molecule has 1 aromatic heterocycles. The zero-order chi connectivity index (χ0) is 11.8. The van der Waals surface area contributed by atoms with E-state index in [1.54, 1.807) is 12.1 Å². The van der Waals surface area contributed by atoms with Crippen LogP contribution in [-0.2, 0) is 9.53 Å². The summed E-state index contributed by atoms with van der Waals surface area (Å²) in [5.74, 6) is 0.403. The van der Waals surface area contributed by atoms with E-state index in [2.05, 4.69) is 10.3 Å². The lowest BCUT2D eigenvalue weighted by atomic mass is 10.3. The summed E-state index contributed by atoms with van der Waals surface area (Å²) in [6, 6.07) is 3.37. The fraction of sp³-hybridized carbons (Fsp3) is 0.455. The minimum absolute atomic E-state index is 0.0359. The third kappa shape index (κ3) is 4.75. The smallest absolute Gasteiger partial charge is 0.224 e. The van der Waals surface area contributed by atoms with E-state index < -0.39 is 0 Å². The summed E-state index contributed by atoms with van der Waals surface area (Å²) < 4.78 is 5.14. The molecule has 5 nitrogen and oxygen atoms in total. The first-order chi connectivity index (χ1) is 7.72. The highest BCUT2D eigenvalue weighted by Gasteiger charge is 2.02. The zero-order valence-corrected chi connectivity index (χ0v) is 9.40. The summed E-state index contributed by atoms with van der Waals surface area (Å²) in [4.78, 5) is 15.3. The topological polar surface area (TPSA) is 77.2 Å². The number of rotatable bonds is 6. The predicted octanol–water partition coefficient (Wildman–Crippen LogP) is 1.42. The van der Waals surface area contributed by atoms with Gasteiger partial charge in [0.2, 0.25) is 5.91 Å². The van der Waals surface area contributed by atoms with Gasteiger partial charge in [-0.3, -0.25) is 4.79 Å². The average molecular weight is 223 g/mol. The summed E-state index contributed by atoms with van der Waals surface area (Å²) in [5.41, 5.74) is 6.09. The number of hydrogen-bond acceptors (Lipinski definition) is 4. The highest BCUT2D eigenvalue weighted by Crippen LogP contribution is 2.07. The molecular formula is C11H17N3O2. The van der Waals surface area contributed by atoms with E-state index in [1.807, 2.05) is 6.92 Å². The maximum absolute atomic E-state index is 11.4. The van der Waals surface area contributed by atoms with Crippen molar-refractivity contribution in [2.45, 2.75) is 19.8 Å². The van der Waals surface area contributed by atoms with Gasteiger partial charge in [-0.2, -0.15) is 0 Å². The molecule has 1 aromatic rings. The molecule has 0 bridgehead atoms. The Balaban J connectivity index is 2.26. The Bertz CT molecular complexity index is 325. The monoisotopic (exact) mass is 223 g/mol. The van der Waals surface area contributed by atoms with Crippen LogP contribution in [-0.4, -0.2) is 24.1 Å². The quantitative estimate of drug-likeness (QED) is 0.715. The van der Waals surface area contributed by atoms with Crippen LogP contribution in [0.15, 0.2) is 18.3 Å². The highest BCUT2D eigenvalue weighted by molar-refractivity contribution is 5.90. The summed E-state index contributed by atoms with van der Waals surface area (Å²) in [6.07, 6.45) is 2.71. The minimum atomic E-state index is -0.0359. The molecule has 0 aliphatic carbocycles. The molecule has 0 aromatic carbocycles. The highest BCUT2D eigenvalue weighted by atomic mass is 16.5. The van der Waals surface area contributed by atoms with Crippen molar-refractivity contribution < 1.29 is 9.53 Å². The van der Waals surface area contributed by atoms with Gasteiger partial charge in [0.05, 0.1) is 11.9 Å². The Kier molecular flexibility index (Phi) is 5.28. The van der Waals surface area contributed by atoms with Crippen molar-refractivity contribution in [1.82, 2.24) is 4.98 Å². The molecule has 3 N–H and O–H groups in total. The Morgan fingerprint density at radius 3 is 3.00 bits per heavy atom. The van der Waals surface area contributed by atoms with Crippen molar-refractivity contribution in [3.8, 4) is 0 Å². The van der Waals surface area contributed by atoms with Gasteiger partial charge in [-0.25, -0.2) is 4.98 Å². The summed E-state index contributed by atoms with van der Waals surface area (Å²) in [7, 11) is 0. The third-order valence-electron chi connectivity index (χ3n) is 1.97. The van der Waals surface area contributed by atoms with E-state index >= 15 is 0 Å². The standard InChI is InChI=1S/C11H17N3O2/c1-2-16-7-3-4-11(15)14-9-5-6-10(12)13-8-9/h5-6,8H,2-4,7H2,1H3,(H2,12,13)(H,14,15). The Hall–Kier alpha value is -1.62. The molecule has 0 atom stereocenters. The molecule has 0 spiro atoms. The second kappa shape index (κ2) is 6.79. The number of hydrogen-bond donors (Lipinski definition) is 2. The molecule has 0 aliphatic heterocycles. The number of pyridine rings is 1. The molecule has 1 rings (SSSR count). The number of carbonyl (C=O) groups excluding carboxylic acids is 1. The summed E-state index contributed by atoms with van der Waals surface area (Å²) in [6.45, 7) is 3.23. The normalized spacial score (nSPS) is 10.1. The number of nitrogen functional groups attached to an aromatic ring is 1. The van der Waals surface area contributed by atoms with Gasteiger partial charge in [-0.15, -0.1) is 0 Å². The van der Waals surface area contributed by atoms with Crippen LogP contribution in [0.3, 0.4) is 0 Å². The molecule has 16 heavy (non-hydrogen) atoms. The van der Waals surface area contributed by atoms with E-state index in [1.165, 1.54) is 6.20 Å². The van der Waals surface area contributed by atoms with E-state index in [0.29, 0.717) is 31.1 Å². The first kappa shape index (κ1) is 12.4. The Labute approximate surface area is 95.0 Å². The third-order valence-corrected chi connectivity index (χ3v) is 1.97. The van der Waals surface area contributed by atoms with Crippen LogP contribution >= 0.6 is 0 Å².